The number of carboxylic acids is 1. The molecule has 8 rings (SSSR count). The first kappa shape index (κ1) is 42.3. The van der Waals surface area contributed by atoms with Crippen LogP contribution in [-0.4, -0.2) is 86.3 Å². The van der Waals surface area contributed by atoms with E-state index in [0.717, 1.165) is 37.8 Å². The topological polar surface area (TPSA) is 118 Å². The molecule has 322 valence electrons. The molecule has 1 aromatic rings. The molecule has 0 unspecified atom stereocenters. The number of methoxy groups -OCH3 is 1. The number of aromatic nitrogens is 1. The van der Waals surface area contributed by atoms with Crippen LogP contribution in [0.15, 0.2) is 41.5 Å². The summed E-state index contributed by atoms with van der Waals surface area (Å²) in [6.07, 6.45) is 19.3. The van der Waals surface area contributed by atoms with Gasteiger partial charge < -0.3 is 24.8 Å². The maximum Gasteiger partial charge on any atom is 0.313 e. The van der Waals surface area contributed by atoms with Crippen LogP contribution in [0.3, 0.4) is 0 Å². The molecule has 2 N–H and O–H groups in total. The molecule has 1 aromatic heterocycles. The second-order valence-electron chi connectivity index (χ2n) is 21.3. The first-order valence-corrected chi connectivity index (χ1v) is 24.7. The van der Waals surface area contributed by atoms with Gasteiger partial charge in [-0.15, -0.1) is 0 Å². The van der Waals surface area contributed by atoms with Gasteiger partial charge in [-0.05, 0) is 139 Å². The zero-order chi connectivity index (χ0) is 41.4. The molecule has 5 fully saturated rings. The lowest BCUT2D eigenvalue weighted by atomic mass is 9.33. The highest BCUT2D eigenvalue weighted by Gasteiger charge is 2.70. The number of fused-ring (bicyclic) bond motifs is 7. The molecule has 4 saturated carbocycles. The van der Waals surface area contributed by atoms with E-state index in [4.69, 9.17) is 9.47 Å². The Morgan fingerprint density at radius 1 is 0.914 bits per heavy atom. The second-order valence-corrected chi connectivity index (χ2v) is 23.7. The Morgan fingerprint density at radius 2 is 1.67 bits per heavy atom. The highest BCUT2D eigenvalue weighted by atomic mass is 32.2. The minimum absolute atomic E-state index is 0.00505. The van der Waals surface area contributed by atoms with Crippen molar-refractivity contribution in [1.82, 2.24) is 15.2 Å². The highest BCUT2D eigenvalue weighted by molar-refractivity contribution is 7.91. The Bertz CT molecular complexity index is 1900. The number of pyridine rings is 1. The van der Waals surface area contributed by atoms with Crippen LogP contribution in [0.1, 0.15) is 125 Å². The molecule has 58 heavy (non-hydrogen) atoms. The zero-order valence-corrected chi connectivity index (χ0v) is 37.5. The number of allylic oxidation sites excluding steroid dienone is 4. The van der Waals surface area contributed by atoms with Crippen molar-refractivity contribution < 1.29 is 27.8 Å². The molecule has 0 aromatic carbocycles. The standard InChI is InChI=1S/C48H73N3O6S/c1-8-33-16-23-48(49-26-27-51-28-30-58(54,55)31-29-51)25-24-45(5)36(41(33)48)12-13-38-44(4)19-17-35(43(2,3)37(44)18-20-46(38,45)6)34-14-21-47(22-15-34,42(52)53)32-57-40-11-9-10-39(50-40)56-7/h9-11,14,17,33,36-38,41,49H,8,12-13,15-16,18-32H2,1-7H3,(H,52,53)/t33-,36-,37+,38-,41-,44+,45-,46-,47-,48+/m1/s1. The first-order chi connectivity index (χ1) is 27.5. The first-order valence-electron chi connectivity index (χ1n) is 22.9. The third kappa shape index (κ3) is 6.80. The molecule has 10 heteroatoms. The molecule has 0 radical (unpaired) electrons. The highest BCUT2D eigenvalue weighted by Crippen LogP contribution is 2.76. The Labute approximate surface area is 349 Å². The summed E-state index contributed by atoms with van der Waals surface area (Å²) < 4.78 is 35.4. The lowest BCUT2D eigenvalue weighted by molar-refractivity contribution is -0.222. The maximum absolute atomic E-state index is 12.8. The number of nitrogens with zero attached hydrogens (tertiary/aromatic N) is 2. The number of nitrogens with one attached hydrogen (secondary N) is 1. The van der Waals surface area contributed by atoms with Gasteiger partial charge in [0.25, 0.3) is 0 Å². The number of carbonyl (C=O) groups is 1. The van der Waals surface area contributed by atoms with Gasteiger partial charge in [0, 0.05) is 43.9 Å². The molecular weight excluding hydrogens is 747 g/mol. The van der Waals surface area contributed by atoms with Crippen molar-refractivity contribution in [2.75, 3.05) is 51.4 Å². The monoisotopic (exact) mass is 820 g/mol. The van der Waals surface area contributed by atoms with E-state index in [0.29, 0.717) is 72.4 Å². The molecule has 0 amide bonds. The van der Waals surface area contributed by atoms with Crippen molar-refractivity contribution in [2.45, 2.75) is 131 Å². The van der Waals surface area contributed by atoms with Gasteiger partial charge in [0.1, 0.15) is 12.0 Å². The Kier molecular flexibility index (Phi) is 11.1. The van der Waals surface area contributed by atoms with Gasteiger partial charge in [-0.2, -0.15) is 4.98 Å². The van der Waals surface area contributed by atoms with Gasteiger partial charge in [0.2, 0.25) is 11.8 Å². The van der Waals surface area contributed by atoms with Crippen LogP contribution in [0.2, 0.25) is 0 Å². The van der Waals surface area contributed by atoms with E-state index in [1.165, 1.54) is 68.9 Å². The van der Waals surface area contributed by atoms with Crippen molar-refractivity contribution >= 4 is 15.8 Å². The van der Waals surface area contributed by atoms with E-state index >= 15 is 0 Å². The molecular formula is C48H73N3O6S. The summed E-state index contributed by atoms with van der Waals surface area (Å²) in [6.45, 7) is 18.9. The van der Waals surface area contributed by atoms with Crippen LogP contribution >= 0.6 is 0 Å². The Hall–Kier alpha value is -2.43. The van der Waals surface area contributed by atoms with E-state index < -0.39 is 21.2 Å². The average Bonchev–Trinajstić information content (AvgIpc) is 3.57. The summed E-state index contributed by atoms with van der Waals surface area (Å²) >= 11 is 0. The second kappa shape index (κ2) is 15.2. The molecule has 0 bridgehead atoms. The quantitative estimate of drug-likeness (QED) is 0.226. The van der Waals surface area contributed by atoms with Crippen LogP contribution in [0.5, 0.6) is 11.8 Å². The maximum atomic E-state index is 12.8. The van der Waals surface area contributed by atoms with E-state index in [1.807, 2.05) is 6.07 Å². The SMILES string of the molecule is CC[C@@H]1CC[C@]2(NCCN3CCS(=O)(=O)CC3)CC[C@]3(C)[C@H](CC[C@@H]4[C@@]5(C)CC=C(C6=CC[C@@](COc7cccc(OC)n7)(C(=O)O)CC6)C(C)(C)[C@@H]5CC[C@]43C)[C@@H]12. The molecule has 1 saturated heterocycles. The molecule has 9 nitrogen and oxygen atoms in total. The van der Waals surface area contributed by atoms with Crippen molar-refractivity contribution in [3.63, 3.8) is 0 Å². The summed E-state index contributed by atoms with van der Waals surface area (Å²) in [5.74, 6) is 4.12. The van der Waals surface area contributed by atoms with Gasteiger partial charge in [-0.3, -0.25) is 4.79 Å². The fourth-order valence-corrected chi connectivity index (χ4v) is 16.7. The van der Waals surface area contributed by atoms with Crippen molar-refractivity contribution in [2.24, 2.45) is 56.7 Å². The van der Waals surface area contributed by atoms with Gasteiger partial charge in [0.05, 0.1) is 18.6 Å². The molecule has 1 aliphatic heterocycles. The summed E-state index contributed by atoms with van der Waals surface area (Å²) in [6, 6.07) is 5.32. The van der Waals surface area contributed by atoms with E-state index in [-0.39, 0.29) is 28.4 Å². The van der Waals surface area contributed by atoms with Crippen LogP contribution in [0, 0.1) is 56.7 Å². The van der Waals surface area contributed by atoms with E-state index in [9.17, 15) is 18.3 Å². The Morgan fingerprint density at radius 3 is 2.36 bits per heavy atom. The summed E-state index contributed by atoms with van der Waals surface area (Å²) in [4.78, 5) is 19.5. The third-order valence-electron chi connectivity index (χ3n) is 18.8. The number of hydrogen-bond acceptors (Lipinski definition) is 8. The van der Waals surface area contributed by atoms with E-state index in [2.05, 4.69) is 68.9 Å². The van der Waals surface area contributed by atoms with Crippen LogP contribution in [0.4, 0.5) is 0 Å². The number of ether oxygens (including phenoxy) is 2. The Balaban J connectivity index is 0.991. The lowest BCUT2D eigenvalue weighted by Gasteiger charge is -2.72. The zero-order valence-electron chi connectivity index (χ0n) is 36.7. The minimum Gasteiger partial charge on any atom is -0.481 e. The van der Waals surface area contributed by atoms with Crippen LogP contribution in [-0.2, 0) is 14.6 Å². The number of carboxylic acid groups (broad SMARTS) is 1. The average molecular weight is 820 g/mol. The van der Waals surface area contributed by atoms with E-state index in [1.54, 1.807) is 19.2 Å². The summed E-state index contributed by atoms with van der Waals surface area (Å²) in [5, 5.41) is 14.7. The number of hydrogen-bond donors (Lipinski definition) is 2. The van der Waals surface area contributed by atoms with Crippen LogP contribution < -0.4 is 14.8 Å². The predicted molar refractivity (Wildman–Crippen MR) is 230 cm³/mol. The van der Waals surface area contributed by atoms with Crippen molar-refractivity contribution in [3.05, 3.63) is 41.5 Å². The normalized spacial score (nSPS) is 41.8. The van der Waals surface area contributed by atoms with Crippen LogP contribution in [0.25, 0.3) is 0 Å². The summed E-state index contributed by atoms with van der Waals surface area (Å²) in [7, 11) is -1.30. The molecule has 6 aliphatic carbocycles. The number of sulfone groups is 1. The molecule has 2 heterocycles. The van der Waals surface area contributed by atoms with Crippen molar-refractivity contribution in [1.29, 1.82) is 0 Å². The summed E-state index contributed by atoms with van der Waals surface area (Å²) in [5.41, 5.74) is 2.87. The largest absolute Gasteiger partial charge is 0.481 e. The fourth-order valence-electron chi connectivity index (χ4n) is 15.4. The third-order valence-corrected chi connectivity index (χ3v) is 20.4. The number of aliphatic carboxylic acids is 1. The lowest BCUT2D eigenvalue weighted by Crippen LogP contribution is -2.68. The molecule has 10 atom stereocenters. The smallest absolute Gasteiger partial charge is 0.313 e. The predicted octanol–water partition coefficient (Wildman–Crippen LogP) is 8.75. The van der Waals surface area contributed by atoms with Gasteiger partial charge in [0.15, 0.2) is 9.84 Å². The fraction of sp³-hybridized carbons (Fsp3) is 0.792. The molecule has 7 aliphatic rings. The number of rotatable bonds is 11. The molecule has 0 spiro atoms. The van der Waals surface area contributed by atoms with Crippen molar-refractivity contribution in [3.8, 4) is 11.8 Å². The van der Waals surface area contributed by atoms with Gasteiger partial charge >= 0.3 is 5.97 Å². The minimum atomic E-state index is -2.86. The van der Waals surface area contributed by atoms with Gasteiger partial charge in [-0.1, -0.05) is 66.2 Å². The van der Waals surface area contributed by atoms with Gasteiger partial charge in [-0.25, -0.2) is 8.42 Å².